The third-order valence-corrected chi connectivity index (χ3v) is 5.14. The highest BCUT2D eigenvalue weighted by Crippen LogP contribution is 2.22. The fourth-order valence-corrected chi connectivity index (χ4v) is 3.65. The van der Waals surface area contributed by atoms with Crippen molar-refractivity contribution in [3.8, 4) is 0 Å². The Bertz CT molecular complexity index is 451. The molecule has 4 heteroatoms. The Morgan fingerprint density at radius 3 is 3.00 bits per heavy atom. The number of morpholine rings is 1. The maximum Gasteiger partial charge on any atom is 0.0827 e. The highest BCUT2D eigenvalue weighted by Gasteiger charge is 2.31. The van der Waals surface area contributed by atoms with Crippen LogP contribution in [0.1, 0.15) is 25.3 Å². The highest BCUT2D eigenvalue weighted by molar-refractivity contribution is 9.10. The second-order valence-corrected chi connectivity index (χ2v) is 7.30. The van der Waals surface area contributed by atoms with E-state index in [2.05, 4.69) is 57.3 Å². The predicted octanol–water partition coefficient (Wildman–Crippen LogP) is 2.83. The molecule has 1 N–H and O–H groups in total. The van der Waals surface area contributed by atoms with Gasteiger partial charge in [0.15, 0.2) is 0 Å². The summed E-state index contributed by atoms with van der Waals surface area (Å²) in [6, 6.07) is 9.77. The SMILES string of the molecule is CC(Cc1ccc(Br)cc1)NCC1CN2CCCC2CO1. The number of hydrogen-bond donors (Lipinski definition) is 1. The largest absolute Gasteiger partial charge is 0.374 e. The zero-order chi connectivity index (χ0) is 14.7. The normalized spacial score (nSPS) is 27.5. The van der Waals surface area contributed by atoms with Crippen molar-refractivity contribution < 1.29 is 4.74 Å². The van der Waals surface area contributed by atoms with Crippen LogP contribution in [0.25, 0.3) is 0 Å². The van der Waals surface area contributed by atoms with Gasteiger partial charge >= 0.3 is 0 Å². The molecular formula is C17H25BrN2O. The number of nitrogens with one attached hydrogen (secondary N) is 1. The molecule has 3 unspecified atom stereocenters. The van der Waals surface area contributed by atoms with E-state index in [1.165, 1.54) is 24.9 Å². The van der Waals surface area contributed by atoms with E-state index < -0.39 is 0 Å². The lowest BCUT2D eigenvalue weighted by Crippen LogP contribution is -2.50. The average molecular weight is 353 g/mol. The lowest BCUT2D eigenvalue weighted by Gasteiger charge is -2.35. The molecule has 0 aliphatic carbocycles. The van der Waals surface area contributed by atoms with Gasteiger partial charge in [-0.1, -0.05) is 28.1 Å². The number of hydrogen-bond acceptors (Lipinski definition) is 3. The number of ether oxygens (including phenoxy) is 1. The molecule has 0 spiro atoms. The van der Waals surface area contributed by atoms with Gasteiger partial charge in [0.2, 0.25) is 0 Å². The molecule has 2 heterocycles. The van der Waals surface area contributed by atoms with Gasteiger partial charge in [-0.15, -0.1) is 0 Å². The van der Waals surface area contributed by atoms with Crippen molar-refractivity contribution >= 4 is 15.9 Å². The molecule has 0 radical (unpaired) electrons. The molecule has 116 valence electrons. The van der Waals surface area contributed by atoms with E-state index in [4.69, 9.17) is 4.74 Å². The first-order chi connectivity index (χ1) is 10.2. The van der Waals surface area contributed by atoms with Crippen LogP contribution in [0.3, 0.4) is 0 Å². The van der Waals surface area contributed by atoms with Crippen LogP contribution in [0.4, 0.5) is 0 Å². The number of halogens is 1. The summed E-state index contributed by atoms with van der Waals surface area (Å²) in [6.45, 7) is 6.50. The van der Waals surface area contributed by atoms with Crippen LogP contribution in [0.2, 0.25) is 0 Å². The molecule has 0 saturated carbocycles. The van der Waals surface area contributed by atoms with E-state index in [1.54, 1.807) is 0 Å². The van der Waals surface area contributed by atoms with Gasteiger partial charge in [-0.25, -0.2) is 0 Å². The zero-order valence-electron chi connectivity index (χ0n) is 12.7. The molecule has 2 saturated heterocycles. The van der Waals surface area contributed by atoms with E-state index >= 15 is 0 Å². The number of nitrogens with zero attached hydrogens (tertiary/aromatic N) is 1. The Labute approximate surface area is 136 Å². The van der Waals surface area contributed by atoms with Gasteiger partial charge in [0.25, 0.3) is 0 Å². The molecule has 1 aromatic rings. The van der Waals surface area contributed by atoms with Crippen molar-refractivity contribution in [1.29, 1.82) is 0 Å². The molecule has 1 aromatic carbocycles. The first-order valence-electron chi connectivity index (χ1n) is 8.04. The molecular weight excluding hydrogens is 328 g/mol. The zero-order valence-corrected chi connectivity index (χ0v) is 14.3. The van der Waals surface area contributed by atoms with Gasteiger partial charge in [0, 0.05) is 29.6 Å². The number of rotatable bonds is 5. The molecule has 3 rings (SSSR count). The van der Waals surface area contributed by atoms with E-state index in [1.807, 2.05) is 0 Å². The van der Waals surface area contributed by atoms with Crippen molar-refractivity contribution in [1.82, 2.24) is 10.2 Å². The van der Waals surface area contributed by atoms with Gasteiger partial charge in [-0.3, -0.25) is 4.90 Å². The third-order valence-electron chi connectivity index (χ3n) is 4.61. The molecule has 2 fully saturated rings. The highest BCUT2D eigenvalue weighted by atomic mass is 79.9. The first kappa shape index (κ1) is 15.5. The summed E-state index contributed by atoms with van der Waals surface area (Å²) >= 11 is 3.48. The first-order valence-corrected chi connectivity index (χ1v) is 8.83. The van der Waals surface area contributed by atoms with Crippen LogP contribution < -0.4 is 5.32 Å². The summed E-state index contributed by atoms with van der Waals surface area (Å²) in [4.78, 5) is 2.61. The Balaban J connectivity index is 1.41. The monoisotopic (exact) mass is 352 g/mol. The van der Waals surface area contributed by atoms with Gasteiger partial charge in [-0.05, 0) is 50.4 Å². The Morgan fingerprint density at radius 1 is 1.38 bits per heavy atom. The van der Waals surface area contributed by atoms with Crippen molar-refractivity contribution in [3.05, 3.63) is 34.3 Å². The minimum Gasteiger partial charge on any atom is -0.374 e. The molecule has 0 bridgehead atoms. The maximum absolute atomic E-state index is 6.00. The number of fused-ring (bicyclic) bond motifs is 1. The van der Waals surface area contributed by atoms with Gasteiger partial charge in [0.1, 0.15) is 0 Å². The summed E-state index contributed by atoms with van der Waals surface area (Å²) < 4.78 is 7.14. The topological polar surface area (TPSA) is 24.5 Å². The van der Waals surface area contributed by atoms with E-state index in [0.717, 1.165) is 30.6 Å². The Hall–Kier alpha value is -0.420. The molecule has 3 nitrogen and oxygen atoms in total. The molecule has 0 aromatic heterocycles. The second kappa shape index (κ2) is 7.23. The van der Waals surface area contributed by atoms with Crippen LogP contribution in [-0.4, -0.2) is 49.3 Å². The van der Waals surface area contributed by atoms with Gasteiger partial charge in [0.05, 0.1) is 12.7 Å². The molecule has 21 heavy (non-hydrogen) atoms. The third kappa shape index (κ3) is 4.28. The average Bonchev–Trinajstić information content (AvgIpc) is 2.95. The fourth-order valence-electron chi connectivity index (χ4n) is 3.39. The quantitative estimate of drug-likeness (QED) is 0.881. The Kier molecular flexibility index (Phi) is 5.33. The van der Waals surface area contributed by atoms with Crippen LogP contribution >= 0.6 is 15.9 Å². The van der Waals surface area contributed by atoms with Crippen LogP contribution in [0, 0.1) is 0 Å². The Morgan fingerprint density at radius 2 is 2.19 bits per heavy atom. The van der Waals surface area contributed by atoms with Crippen molar-refractivity contribution in [2.75, 3.05) is 26.2 Å². The predicted molar refractivity (Wildman–Crippen MR) is 89.6 cm³/mol. The van der Waals surface area contributed by atoms with Crippen LogP contribution in [0.15, 0.2) is 28.7 Å². The van der Waals surface area contributed by atoms with Crippen molar-refractivity contribution in [3.63, 3.8) is 0 Å². The van der Waals surface area contributed by atoms with Gasteiger partial charge in [-0.2, -0.15) is 0 Å². The second-order valence-electron chi connectivity index (χ2n) is 6.39. The summed E-state index contributed by atoms with van der Waals surface area (Å²) in [5.41, 5.74) is 1.38. The van der Waals surface area contributed by atoms with E-state index in [0.29, 0.717) is 18.2 Å². The minimum atomic E-state index is 0.353. The van der Waals surface area contributed by atoms with E-state index in [9.17, 15) is 0 Å². The fraction of sp³-hybridized carbons (Fsp3) is 0.647. The smallest absolute Gasteiger partial charge is 0.0827 e. The van der Waals surface area contributed by atoms with Crippen LogP contribution in [0.5, 0.6) is 0 Å². The standard InChI is InChI=1S/C17H25BrN2O/c1-13(9-14-4-6-15(18)7-5-14)19-10-17-11-20-8-2-3-16(20)12-21-17/h4-7,13,16-17,19H,2-3,8-12H2,1H3. The van der Waals surface area contributed by atoms with Crippen LogP contribution in [-0.2, 0) is 11.2 Å². The summed E-state index contributed by atoms with van der Waals surface area (Å²) in [5.74, 6) is 0. The minimum absolute atomic E-state index is 0.353. The molecule has 2 aliphatic rings. The molecule has 3 atom stereocenters. The van der Waals surface area contributed by atoms with E-state index in [-0.39, 0.29) is 0 Å². The van der Waals surface area contributed by atoms with Gasteiger partial charge < -0.3 is 10.1 Å². The van der Waals surface area contributed by atoms with Crippen molar-refractivity contribution in [2.45, 2.75) is 44.4 Å². The maximum atomic E-state index is 6.00. The summed E-state index contributed by atoms with van der Waals surface area (Å²) in [5, 5.41) is 3.63. The lowest BCUT2D eigenvalue weighted by atomic mass is 10.1. The lowest BCUT2D eigenvalue weighted by molar-refractivity contribution is -0.0476. The summed E-state index contributed by atoms with van der Waals surface area (Å²) in [7, 11) is 0. The number of benzene rings is 1. The molecule has 0 amide bonds. The molecule has 2 aliphatic heterocycles. The van der Waals surface area contributed by atoms with Crippen molar-refractivity contribution in [2.24, 2.45) is 0 Å². The summed E-state index contributed by atoms with van der Waals surface area (Å²) in [6.07, 6.45) is 4.08.